The molecule has 0 aliphatic carbocycles. The van der Waals surface area contributed by atoms with Gasteiger partial charge in [-0.3, -0.25) is 0 Å². The Balaban J connectivity index is 0.00000626. The summed E-state index contributed by atoms with van der Waals surface area (Å²) in [5.74, 6) is 0. The summed E-state index contributed by atoms with van der Waals surface area (Å²) in [5, 5.41) is 0. The number of hydrogen-bond donors (Lipinski definition) is 0. The molecule has 11 rings (SSSR count). The van der Waals surface area contributed by atoms with E-state index in [1.165, 1.54) is 18.4 Å². The van der Waals surface area contributed by atoms with Crippen LogP contribution in [0.3, 0.4) is 0 Å². The second-order valence-electron chi connectivity index (χ2n) is 19.3. The van der Waals surface area contributed by atoms with E-state index in [9.17, 15) is 0 Å². The maximum absolute atomic E-state index is 4.94. The zero-order valence-electron chi connectivity index (χ0n) is 41.8. The van der Waals surface area contributed by atoms with E-state index in [4.69, 9.17) is 4.98 Å². The van der Waals surface area contributed by atoms with Crippen molar-refractivity contribution in [2.75, 3.05) is 0 Å². The van der Waals surface area contributed by atoms with Crippen molar-refractivity contribution < 1.29 is 20.1 Å². The first-order valence-electron chi connectivity index (χ1n) is 25.3. The Morgan fingerprint density at radius 2 is 0.811 bits per heavy atom. The van der Waals surface area contributed by atoms with E-state index >= 15 is 0 Å². The van der Waals surface area contributed by atoms with Crippen molar-refractivity contribution in [3.8, 4) is 112 Å². The third-order valence-electron chi connectivity index (χ3n) is 14.1. The number of benzene rings is 8. The van der Waals surface area contributed by atoms with Crippen molar-refractivity contribution in [3.05, 3.63) is 261 Å². The minimum absolute atomic E-state index is 0. The summed E-state index contributed by atoms with van der Waals surface area (Å²) in [6.45, 7) is 6.95. The van der Waals surface area contributed by atoms with E-state index in [2.05, 4.69) is 231 Å². The summed E-state index contributed by atoms with van der Waals surface area (Å²) in [5.41, 5.74) is 22.6. The molecule has 0 aliphatic rings. The van der Waals surface area contributed by atoms with Crippen molar-refractivity contribution in [1.29, 1.82) is 0 Å². The van der Waals surface area contributed by atoms with Crippen LogP contribution in [-0.4, -0.2) is 15.0 Å². The standard InChI is InChI=1S/C70H54N3.Ir/c1-4-5-40-70(2,3)58-39-43-73-69(48-58)54-37-38-65(66(47-54)49-19-7-6-8-20-49)64-26-14-13-25-63(64)57-45-55(61-23-11-9-21-59(61)50-29-33-52(34-30-50)67-27-15-17-41-71-67)44-56(46-57)62-24-12-10-22-60(62)51-31-35-53(36-32-51)68-28-16-18-42-72-68;/h6-33,35,38-39,41-48H,4-5,40H2,1-3H3;/q-3;+3. The zero-order valence-corrected chi connectivity index (χ0v) is 44.2. The van der Waals surface area contributed by atoms with Crippen LogP contribution in [0.25, 0.3) is 112 Å². The smallest absolute Gasteiger partial charge is 0.305 e. The van der Waals surface area contributed by atoms with Crippen molar-refractivity contribution >= 4 is 0 Å². The van der Waals surface area contributed by atoms with Gasteiger partial charge in [0.1, 0.15) is 0 Å². The van der Waals surface area contributed by atoms with Gasteiger partial charge in [-0.15, -0.1) is 83.4 Å². The molecule has 11 aromatic rings. The van der Waals surface area contributed by atoms with Gasteiger partial charge in [0.05, 0.1) is 0 Å². The van der Waals surface area contributed by atoms with Crippen LogP contribution in [0.1, 0.15) is 45.6 Å². The monoisotopic (exact) mass is 1130 g/mol. The average Bonchev–Trinajstić information content (AvgIpc) is 3.47. The van der Waals surface area contributed by atoms with Crippen LogP contribution in [0.2, 0.25) is 0 Å². The molecule has 0 fully saturated rings. The minimum Gasteiger partial charge on any atom is -0.305 e. The molecular formula is C70H54IrN3. The summed E-state index contributed by atoms with van der Waals surface area (Å²) < 4.78 is 0. The van der Waals surface area contributed by atoms with Crippen molar-refractivity contribution in [2.24, 2.45) is 0 Å². The molecule has 0 amide bonds. The normalized spacial score (nSPS) is 11.2. The molecule has 358 valence electrons. The fourth-order valence-electron chi connectivity index (χ4n) is 10.1. The Bertz CT molecular complexity index is 3520. The molecule has 3 nitrogen and oxygen atoms in total. The SMILES string of the molecule is CCCCC(C)(C)c1ccnc(-c2[c-]cc(-c3ccccc3-c3cc(-c4ccccc4-c4c[c-]c(-c5ccccn5)cc4)cc(-c4ccccc4-c4c[c-]c(-c5ccccn5)cc4)c3)c(-c3ccccc3)c2)c1.[Ir+3]. The number of rotatable bonds is 14. The van der Waals surface area contributed by atoms with Gasteiger partial charge in [-0.25, -0.2) is 0 Å². The Hall–Kier alpha value is -8.14. The van der Waals surface area contributed by atoms with Gasteiger partial charge >= 0.3 is 20.1 Å². The molecule has 0 atom stereocenters. The third-order valence-corrected chi connectivity index (χ3v) is 14.1. The van der Waals surface area contributed by atoms with Gasteiger partial charge in [-0.2, -0.15) is 0 Å². The van der Waals surface area contributed by atoms with Gasteiger partial charge < -0.3 is 15.0 Å². The first kappa shape index (κ1) is 49.4. The summed E-state index contributed by atoms with van der Waals surface area (Å²) in [6, 6.07) is 88.5. The van der Waals surface area contributed by atoms with Crippen LogP contribution >= 0.6 is 0 Å². The fraction of sp³-hybridized carbons (Fsp3) is 0.100. The molecule has 0 spiro atoms. The molecule has 0 aliphatic heterocycles. The molecule has 0 N–H and O–H groups in total. The molecule has 8 aromatic carbocycles. The first-order valence-corrected chi connectivity index (χ1v) is 25.3. The summed E-state index contributed by atoms with van der Waals surface area (Å²) in [4.78, 5) is 14.1. The van der Waals surface area contributed by atoms with Crippen molar-refractivity contribution in [3.63, 3.8) is 0 Å². The quantitative estimate of drug-likeness (QED) is 0.102. The van der Waals surface area contributed by atoms with E-state index < -0.39 is 0 Å². The average molecular weight is 1130 g/mol. The Morgan fingerprint density at radius 3 is 1.30 bits per heavy atom. The number of nitrogens with zero attached hydrogens (tertiary/aromatic N) is 3. The summed E-state index contributed by atoms with van der Waals surface area (Å²) in [7, 11) is 0. The van der Waals surface area contributed by atoms with Gasteiger partial charge in [0.2, 0.25) is 0 Å². The van der Waals surface area contributed by atoms with E-state index in [0.29, 0.717) is 0 Å². The fourth-order valence-corrected chi connectivity index (χ4v) is 10.1. The molecule has 4 heteroatoms. The van der Waals surface area contributed by atoms with Crippen LogP contribution in [0.5, 0.6) is 0 Å². The molecule has 74 heavy (non-hydrogen) atoms. The number of hydrogen-bond acceptors (Lipinski definition) is 3. The maximum atomic E-state index is 4.94. The maximum Gasteiger partial charge on any atom is 3.00 e. The first-order chi connectivity index (χ1) is 35.9. The molecule has 0 saturated carbocycles. The summed E-state index contributed by atoms with van der Waals surface area (Å²) in [6.07, 6.45) is 9.10. The Kier molecular flexibility index (Phi) is 14.9. The molecule has 3 heterocycles. The van der Waals surface area contributed by atoms with Crippen LogP contribution in [0.4, 0.5) is 0 Å². The van der Waals surface area contributed by atoms with Crippen LogP contribution in [0.15, 0.2) is 237 Å². The van der Waals surface area contributed by atoms with Crippen LogP contribution < -0.4 is 0 Å². The summed E-state index contributed by atoms with van der Waals surface area (Å²) >= 11 is 0. The van der Waals surface area contributed by atoms with E-state index in [1.54, 1.807) is 0 Å². The predicted octanol–water partition coefficient (Wildman–Crippen LogP) is 18.4. The van der Waals surface area contributed by atoms with Crippen LogP contribution in [-0.2, 0) is 25.5 Å². The predicted molar refractivity (Wildman–Crippen MR) is 303 cm³/mol. The van der Waals surface area contributed by atoms with Gasteiger partial charge in [0.15, 0.2) is 0 Å². The minimum atomic E-state index is 0. The van der Waals surface area contributed by atoms with Gasteiger partial charge in [0.25, 0.3) is 0 Å². The number of unbranched alkanes of at least 4 members (excludes halogenated alkanes) is 1. The molecule has 0 saturated heterocycles. The van der Waals surface area contributed by atoms with Crippen LogP contribution in [0, 0.1) is 18.2 Å². The number of aromatic nitrogens is 3. The molecule has 3 aromatic heterocycles. The second kappa shape index (κ2) is 22.3. The molecule has 0 bridgehead atoms. The second-order valence-corrected chi connectivity index (χ2v) is 19.3. The van der Waals surface area contributed by atoms with Crippen molar-refractivity contribution in [2.45, 2.75) is 45.4 Å². The topological polar surface area (TPSA) is 38.7 Å². The Labute approximate surface area is 450 Å². The van der Waals surface area contributed by atoms with Gasteiger partial charge in [-0.05, 0) is 110 Å². The van der Waals surface area contributed by atoms with Gasteiger partial charge in [-0.1, -0.05) is 206 Å². The van der Waals surface area contributed by atoms with E-state index in [-0.39, 0.29) is 25.5 Å². The Morgan fingerprint density at radius 1 is 0.351 bits per heavy atom. The van der Waals surface area contributed by atoms with E-state index in [1.807, 2.05) is 55.0 Å². The number of pyridine rings is 3. The molecule has 0 radical (unpaired) electrons. The third kappa shape index (κ3) is 10.5. The molecular weight excluding hydrogens is 1080 g/mol. The largest absolute Gasteiger partial charge is 3.00 e. The molecule has 0 unspecified atom stereocenters. The van der Waals surface area contributed by atoms with Crippen molar-refractivity contribution in [1.82, 2.24) is 15.0 Å². The zero-order chi connectivity index (χ0) is 49.6. The van der Waals surface area contributed by atoms with E-state index in [0.717, 1.165) is 118 Å². The van der Waals surface area contributed by atoms with Gasteiger partial charge in [0, 0.05) is 18.6 Å².